The third-order valence-corrected chi connectivity index (χ3v) is 6.10. The van der Waals surface area contributed by atoms with Crippen molar-refractivity contribution in [2.75, 3.05) is 18.1 Å². The number of rotatable bonds is 9. The van der Waals surface area contributed by atoms with E-state index in [1.54, 1.807) is 18.3 Å². The SMILES string of the molecule is CCCNC(CCCS(=O)(=O)CC)c1ccc(Cl)s1. The molecule has 0 aliphatic rings. The Morgan fingerprint density at radius 3 is 2.63 bits per heavy atom. The lowest BCUT2D eigenvalue weighted by Crippen LogP contribution is -2.22. The molecule has 0 bridgehead atoms. The molecule has 1 aromatic heterocycles. The molecule has 6 heteroatoms. The predicted octanol–water partition coefficient (Wildman–Crippen LogP) is 3.66. The van der Waals surface area contributed by atoms with E-state index in [-0.39, 0.29) is 17.5 Å². The first kappa shape index (κ1) is 17.0. The Morgan fingerprint density at radius 2 is 2.11 bits per heavy atom. The second-order valence-electron chi connectivity index (χ2n) is 4.53. The average molecular weight is 324 g/mol. The Labute approximate surface area is 125 Å². The molecule has 1 aromatic rings. The first-order valence-corrected chi connectivity index (χ1v) is 9.69. The number of nitrogens with one attached hydrogen (secondary N) is 1. The molecule has 0 aliphatic heterocycles. The molecule has 1 atom stereocenters. The zero-order valence-corrected chi connectivity index (χ0v) is 13.9. The maximum absolute atomic E-state index is 11.5. The molecule has 1 heterocycles. The molecule has 1 unspecified atom stereocenters. The summed E-state index contributed by atoms with van der Waals surface area (Å²) in [5, 5.41) is 3.46. The van der Waals surface area contributed by atoms with Crippen molar-refractivity contribution in [2.24, 2.45) is 0 Å². The first-order valence-electron chi connectivity index (χ1n) is 6.67. The van der Waals surface area contributed by atoms with Gasteiger partial charge in [0.2, 0.25) is 0 Å². The molecule has 0 aliphatic carbocycles. The molecule has 0 saturated carbocycles. The summed E-state index contributed by atoms with van der Waals surface area (Å²) in [5.41, 5.74) is 0. The van der Waals surface area contributed by atoms with Crippen molar-refractivity contribution in [1.29, 1.82) is 0 Å². The summed E-state index contributed by atoms with van der Waals surface area (Å²) in [6, 6.07) is 4.13. The van der Waals surface area contributed by atoms with Crippen LogP contribution in [0.1, 0.15) is 44.0 Å². The van der Waals surface area contributed by atoms with Gasteiger partial charge in [-0.15, -0.1) is 11.3 Å². The quantitative estimate of drug-likeness (QED) is 0.754. The van der Waals surface area contributed by atoms with Crippen LogP contribution in [0, 0.1) is 0 Å². The van der Waals surface area contributed by atoms with E-state index in [9.17, 15) is 8.42 Å². The Bertz CT molecular complexity index is 471. The van der Waals surface area contributed by atoms with Crippen LogP contribution in [0.3, 0.4) is 0 Å². The van der Waals surface area contributed by atoms with Gasteiger partial charge in [0.1, 0.15) is 9.84 Å². The van der Waals surface area contributed by atoms with Crippen molar-refractivity contribution in [3.8, 4) is 0 Å². The monoisotopic (exact) mass is 323 g/mol. The lowest BCUT2D eigenvalue weighted by atomic mass is 10.1. The van der Waals surface area contributed by atoms with Gasteiger partial charge in [0.15, 0.2) is 0 Å². The molecule has 0 saturated heterocycles. The average Bonchev–Trinajstić information content (AvgIpc) is 2.80. The maximum Gasteiger partial charge on any atom is 0.150 e. The molecule has 0 radical (unpaired) electrons. The lowest BCUT2D eigenvalue weighted by molar-refractivity contribution is 0.498. The highest BCUT2D eigenvalue weighted by Crippen LogP contribution is 2.29. The van der Waals surface area contributed by atoms with E-state index in [4.69, 9.17) is 11.6 Å². The largest absolute Gasteiger partial charge is 0.309 e. The Morgan fingerprint density at radius 1 is 1.37 bits per heavy atom. The van der Waals surface area contributed by atoms with Crippen LogP contribution in [0.5, 0.6) is 0 Å². The van der Waals surface area contributed by atoms with Crippen molar-refractivity contribution in [2.45, 2.75) is 39.2 Å². The molecule has 19 heavy (non-hydrogen) atoms. The summed E-state index contributed by atoms with van der Waals surface area (Å²) in [4.78, 5) is 1.19. The number of halogens is 1. The summed E-state index contributed by atoms with van der Waals surface area (Å²) < 4.78 is 23.8. The van der Waals surface area contributed by atoms with Gasteiger partial charge in [-0.05, 0) is 37.9 Å². The molecule has 0 aromatic carbocycles. The van der Waals surface area contributed by atoms with Gasteiger partial charge in [-0.3, -0.25) is 0 Å². The number of hydrogen-bond donors (Lipinski definition) is 1. The van der Waals surface area contributed by atoms with Gasteiger partial charge in [0, 0.05) is 16.7 Å². The van der Waals surface area contributed by atoms with Gasteiger partial charge >= 0.3 is 0 Å². The van der Waals surface area contributed by atoms with Crippen LogP contribution in [0.4, 0.5) is 0 Å². The van der Waals surface area contributed by atoms with Gasteiger partial charge in [-0.1, -0.05) is 25.4 Å². The van der Waals surface area contributed by atoms with Gasteiger partial charge in [-0.25, -0.2) is 8.42 Å². The Kier molecular flexibility index (Phi) is 7.36. The van der Waals surface area contributed by atoms with Crippen LogP contribution < -0.4 is 5.32 Å². The minimum atomic E-state index is -2.86. The smallest absolute Gasteiger partial charge is 0.150 e. The molecule has 110 valence electrons. The van der Waals surface area contributed by atoms with Crippen LogP contribution in [0.2, 0.25) is 4.34 Å². The van der Waals surface area contributed by atoms with E-state index >= 15 is 0 Å². The molecular formula is C13H22ClNO2S2. The van der Waals surface area contributed by atoms with E-state index < -0.39 is 9.84 Å². The van der Waals surface area contributed by atoms with Crippen LogP contribution in [0.15, 0.2) is 12.1 Å². The lowest BCUT2D eigenvalue weighted by Gasteiger charge is -2.17. The summed E-state index contributed by atoms with van der Waals surface area (Å²) in [6.07, 6.45) is 2.58. The van der Waals surface area contributed by atoms with Gasteiger partial charge in [0.05, 0.1) is 10.1 Å². The van der Waals surface area contributed by atoms with E-state index in [0.29, 0.717) is 6.42 Å². The van der Waals surface area contributed by atoms with Crippen molar-refractivity contribution >= 4 is 32.8 Å². The van der Waals surface area contributed by atoms with Crippen molar-refractivity contribution in [1.82, 2.24) is 5.32 Å². The van der Waals surface area contributed by atoms with E-state index in [2.05, 4.69) is 12.2 Å². The number of sulfone groups is 1. The standard InChI is InChI=1S/C13H22ClNO2S2/c1-3-9-15-11(12-7-8-13(14)18-12)6-5-10-19(16,17)4-2/h7-8,11,15H,3-6,9-10H2,1-2H3. The highest BCUT2D eigenvalue weighted by atomic mass is 35.5. The van der Waals surface area contributed by atoms with Crippen molar-refractivity contribution in [3.05, 3.63) is 21.3 Å². The predicted molar refractivity (Wildman–Crippen MR) is 83.9 cm³/mol. The first-order chi connectivity index (χ1) is 8.98. The fraction of sp³-hybridized carbons (Fsp3) is 0.692. The molecule has 3 nitrogen and oxygen atoms in total. The minimum Gasteiger partial charge on any atom is -0.309 e. The molecule has 0 spiro atoms. The highest BCUT2D eigenvalue weighted by molar-refractivity contribution is 7.91. The van der Waals surface area contributed by atoms with E-state index in [1.807, 2.05) is 12.1 Å². The molecule has 0 amide bonds. The normalized spacial score (nSPS) is 13.6. The van der Waals surface area contributed by atoms with Crippen molar-refractivity contribution in [3.63, 3.8) is 0 Å². The maximum atomic E-state index is 11.5. The zero-order valence-electron chi connectivity index (χ0n) is 11.5. The second kappa shape index (κ2) is 8.25. The fourth-order valence-corrected chi connectivity index (χ4v) is 3.90. The number of thiophene rings is 1. The molecular weight excluding hydrogens is 302 g/mol. The second-order valence-corrected chi connectivity index (χ2v) is 8.75. The van der Waals surface area contributed by atoms with Crippen molar-refractivity contribution < 1.29 is 8.42 Å². The highest BCUT2D eigenvalue weighted by Gasteiger charge is 2.15. The fourth-order valence-electron chi connectivity index (χ4n) is 1.83. The summed E-state index contributed by atoms with van der Waals surface area (Å²) >= 11 is 7.53. The van der Waals surface area contributed by atoms with E-state index in [1.165, 1.54) is 4.88 Å². The third kappa shape index (κ3) is 6.25. The van der Waals surface area contributed by atoms with Gasteiger partial charge < -0.3 is 5.32 Å². The summed E-state index contributed by atoms with van der Waals surface area (Å²) in [6.45, 7) is 4.74. The molecule has 1 N–H and O–H groups in total. The Balaban J connectivity index is 2.55. The van der Waals surface area contributed by atoms with Crippen LogP contribution in [-0.2, 0) is 9.84 Å². The topological polar surface area (TPSA) is 46.2 Å². The molecule has 0 fully saturated rings. The van der Waals surface area contributed by atoms with E-state index in [0.717, 1.165) is 23.7 Å². The van der Waals surface area contributed by atoms with Crippen LogP contribution in [-0.4, -0.2) is 26.5 Å². The Hall–Kier alpha value is -0.100. The summed E-state index contributed by atoms with van der Waals surface area (Å²) in [7, 11) is -2.86. The number of hydrogen-bond acceptors (Lipinski definition) is 4. The minimum absolute atomic E-state index is 0.213. The van der Waals surface area contributed by atoms with Crippen LogP contribution >= 0.6 is 22.9 Å². The molecule has 1 rings (SSSR count). The van der Waals surface area contributed by atoms with Crippen LogP contribution in [0.25, 0.3) is 0 Å². The third-order valence-electron chi connectivity index (χ3n) is 2.97. The van der Waals surface area contributed by atoms with Gasteiger partial charge in [0.25, 0.3) is 0 Å². The summed E-state index contributed by atoms with van der Waals surface area (Å²) in [5.74, 6) is 0.498. The van der Waals surface area contributed by atoms with Gasteiger partial charge in [-0.2, -0.15) is 0 Å². The zero-order chi connectivity index (χ0) is 14.3.